The lowest BCUT2D eigenvalue weighted by Crippen LogP contribution is -2.34. The normalized spacial score (nSPS) is 12.4. The number of hydrogen-bond donors (Lipinski definition) is 2. The Morgan fingerprint density at radius 3 is 2.42 bits per heavy atom. The number of aryl methyl sites for hydroxylation is 1. The highest BCUT2D eigenvalue weighted by Gasteiger charge is 2.20. The second kappa shape index (κ2) is 8.14. The highest BCUT2D eigenvalue weighted by molar-refractivity contribution is 7.90. The summed E-state index contributed by atoms with van der Waals surface area (Å²) in [6.45, 7) is 1.88. The number of carboxylic acids is 1. The fourth-order valence-electron chi connectivity index (χ4n) is 2.56. The summed E-state index contributed by atoms with van der Waals surface area (Å²) in [6, 6.07) is 13.2. The molecule has 2 rings (SSSR count). The fraction of sp³-hybridized carbons (Fsp3) is 0.263. The maximum Gasteiger partial charge on any atom is 0.308 e. The van der Waals surface area contributed by atoms with E-state index in [1.54, 1.807) is 0 Å². The van der Waals surface area contributed by atoms with E-state index in [1.807, 2.05) is 31.2 Å². The molecular weight excluding hydrogens is 354 g/mol. The Hall–Kier alpha value is -2.67. The van der Waals surface area contributed by atoms with E-state index >= 15 is 0 Å². The monoisotopic (exact) mass is 375 g/mol. The molecule has 6 nitrogen and oxygen atoms in total. The zero-order valence-corrected chi connectivity index (χ0v) is 15.4. The Morgan fingerprint density at radius 1 is 1.12 bits per heavy atom. The van der Waals surface area contributed by atoms with Crippen LogP contribution in [0.1, 0.15) is 21.5 Å². The van der Waals surface area contributed by atoms with E-state index in [1.165, 1.54) is 24.3 Å². The number of rotatable bonds is 7. The molecule has 7 heteroatoms. The maximum atomic E-state index is 12.3. The van der Waals surface area contributed by atoms with Gasteiger partial charge in [0.05, 0.1) is 10.8 Å². The molecule has 1 amide bonds. The topological polar surface area (TPSA) is 101 Å². The highest BCUT2D eigenvalue weighted by atomic mass is 32.2. The molecule has 0 saturated carbocycles. The standard InChI is InChI=1S/C19H21NO5S/c1-13-5-3-6-14(9-13)10-16(19(22)23)12-20-18(21)15-7-4-8-17(11-15)26(2,24)25/h3-9,11,16H,10,12H2,1-2H3,(H,20,21)(H,22,23). The van der Waals surface area contributed by atoms with Crippen molar-refractivity contribution in [3.63, 3.8) is 0 Å². The first-order valence-corrected chi connectivity index (χ1v) is 9.92. The molecule has 2 aromatic rings. The number of nitrogens with one attached hydrogen (secondary N) is 1. The van der Waals surface area contributed by atoms with Gasteiger partial charge in [0.15, 0.2) is 9.84 Å². The Morgan fingerprint density at radius 2 is 1.81 bits per heavy atom. The van der Waals surface area contributed by atoms with Gasteiger partial charge in [-0.15, -0.1) is 0 Å². The van der Waals surface area contributed by atoms with E-state index in [4.69, 9.17) is 0 Å². The van der Waals surface area contributed by atoms with Crippen LogP contribution in [0, 0.1) is 12.8 Å². The minimum absolute atomic E-state index is 0.0414. The molecule has 0 spiro atoms. The number of sulfone groups is 1. The van der Waals surface area contributed by atoms with Crippen LogP contribution in [0.2, 0.25) is 0 Å². The number of carbonyl (C=O) groups excluding carboxylic acids is 1. The van der Waals surface area contributed by atoms with Gasteiger partial charge >= 0.3 is 5.97 Å². The van der Waals surface area contributed by atoms with Gasteiger partial charge in [0, 0.05) is 18.4 Å². The summed E-state index contributed by atoms with van der Waals surface area (Å²) in [6.07, 6.45) is 1.35. The number of carboxylic acid groups (broad SMARTS) is 1. The molecule has 0 aliphatic heterocycles. The fourth-order valence-corrected chi connectivity index (χ4v) is 3.22. The zero-order chi connectivity index (χ0) is 19.3. The molecule has 0 heterocycles. The van der Waals surface area contributed by atoms with E-state index in [2.05, 4.69) is 5.32 Å². The molecular formula is C19H21NO5S. The van der Waals surface area contributed by atoms with E-state index in [0.717, 1.165) is 17.4 Å². The van der Waals surface area contributed by atoms with Crippen LogP contribution in [0.15, 0.2) is 53.4 Å². The van der Waals surface area contributed by atoms with Gasteiger partial charge in [-0.25, -0.2) is 8.42 Å². The van der Waals surface area contributed by atoms with Crippen molar-refractivity contribution in [2.24, 2.45) is 5.92 Å². The van der Waals surface area contributed by atoms with Crippen molar-refractivity contribution in [1.29, 1.82) is 0 Å². The third-order valence-electron chi connectivity index (χ3n) is 3.95. The summed E-state index contributed by atoms with van der Waals surface area (Å²) in [5.74, 6) is -2.29. The number of amides is 1. The van der Waals surface area contributed by atoms with Crippen LogP contribution >= 0.6 is 0 Å². The average Bonchev–Trinajstić information content (AvgIpc) is 2.57. The van der Waals surface area contributed by atoms with Gasteiger partial charge in [0.2, 0.25) is 0 Å². The summed E-state index contributed by atoms with van der Waals surface area (Å²) in [5, 5.41) is 12.0. The van der Waals surface area contributed by atoms with Crippen LogP contribution in [0.25, 0.3) is 0 Å². The molecule has 0 bridgehead atoms. The van der Waals surface area contributed by atoms with Gasteiger partial charge in [-0.1, -0.05) is 35.9 Å². The number of carbonyl (C=O) groups is 2. The molecule has 0 saturated heterocycles. The predicted octanol–water partition coefficient (Wildman–Crippen LogP) is 2.07. The molecule has 138 valence electrons. The minimum Gasteiger partial charge on any atom is -0.481 e. The smallest absolute Gasteiger partial charge is 0.308 e. The lowest BCUT2D eigenvalue weighted by Gasteiger charge is -2.14. The zero-order valence-electron chi connectivity index (χ0n) is 14.6. The first kappa shape index (κ1) is 19.7. The van der Waals surface area contributed by atoms with Crippen molar-refractivity contribution in [1.82, 2.24) is 5.32 Å². The second-order valence-electron chi connectivity index (χ2n) is 6.24. The summed E-state index contributed by atoms with van der Waals surface area (Å²) in [7, 11) is -3.42. The molecule has 0 aliphatic carbocycles. The average molecular weight is 375 g/mol. The molecule has 2 N–H and O–H groups in total. The third-order valence-corrected chi connectivity index (χ3v) is 5.06. The summed E-state index contributed by atoms with van der Waals surface area (Å²) < 4.78 is 23.2. The van der Waals surface area contributed by atoms with E-state index in [0.29, 0.717) is 6.42 Å². The van der Waals surface area contributed by atoms with Crippen LogP contribution < -0.4 is 5.32 Å². The van der Waals surface area contributed by atoms with E-state index in [-0.39, 0.29) is 17.0 Å². The Bertz CT molecular complexity index is 921. The van der Waals surface area contributed by atoms with Crippen molar-refractivity contribution < 1.29 is 23.1 Å². The number of aliphatic carboxylic acids is 1. The van der Waals surface area contributed by atoms with Gasteiger partial charge in [0.25, 0.3) is 5.91 Å². The minimum atomic E-state index is -3.42. The lowest BCUT2D eigenvalue weighted by atomic mass is 9.98. The molecule has 2 aromatic carbocycles. The summed E-state index contributed by atoms with van der Waals surface area (Å²) in [5.41, 5.74) is 2.09. The van der Waals surface area contributed by atoms with Crippen LogP contribution in [0.5, 0.6) is 0 Å². The van der Waals surface area contributed by atoms with Crippen molar-refractivity contribution in [3.8, 4) is 0 Å². The Kier molecular flexibility index (Phi) is 6.15. The molecule has 0 fully saturated rings. The van der Waals surface area contributed by atoms with Gasteiger partial charge in [-0.05, 0) is 37.1 Å². The SMILES string of the molecule is Cc1cccc(CC(CNC(=O)c2cccc(S(C)(=O)=O)c2)C(=O)O)c1. The van der Waals surface area contributed by atoms with Crippen LogP contribution in [0.3, 0.4) is 0 Å². The van der Waals surface area contributed by atoms with Gasteiger partial charge in [-0.3, -0.25) is 9.59 Å². The highest BCUT2D eigenvalue weighted by Crippen LogP contribution is 2.13. The van der Waals surface area contributed by atoms with E-state index < -0.39 is 27.6 Å². The molecule has 0 aliphatic rings. The Labute approximate surface area is 152 Å². The van der Waals surface area contributed by atoms with Crippen molar-refractivity contribution in [2.75, 3.05) is 12.8 Å². The first-order valence-electron chi connectivity index (χ1n) is 8.03. The van der Waals surface area contributed by atoms with Gasteiger partial charge in [0.1, 0.15) is 0 Å². The number of hydrogen-bond acceptors (Lipinski definition) is 4. The van der Waals surface area contributed by atoms with E-state index in [9.17, 15) is 23.1 Å². The summed E-state index contributed by atoms with van der Waals surface area (Å²) in [4.78, 5) is 23.8. The van der Waals surface area contributed by atoms with Gasteiger partial charge < -0.3 is 10.4 Å². The third kappa shape index (κ3) is 5.42. The van der Waals surface area contributed by atoms with Crippen LogP contribution in [-0.4, -0.2) is 38.2 Å². The van der Waals surface area contributed by atoms with Crippen LogP contribution in [-0.2, 0) is 21.1 Å². The molecule has 1 unspecified atom stereocenters. The predicted molar refractivity (Wildman–Crippen MR) is 97.9 cm³/mol. The van der Waals surface area contributed by atoms with Crippen molar-refractivity contribution in [3.05, 3.63) is 65.2 Å². The van der Waals surface area contributed by atoms with Gasteiger partial charge in [-0.2, -0.15) is 0 Å². The summed E-state index contributed by atoms with van der Waals surface area (Å²) >= 11 is 0. The van der Waals surface area contributed by atoms with Crippen molar-refractivity contribution >= 4 is 21.7 Å². The molecule has 0 aromatic heterocycles. The number of benzene rings is 2. The first-order chi connectivity index (χ1) is 12.2. The quantitative estimate of drug-likeness (QED) is 0.772. The molecule has 26 heavy (non-hydrogen) atoms. The Balaban J connectivity index is 2.07. The maximum absolute atomic E-state index is 12.3. The largest absolute Gasteiger partial charge is 0.481 e. The van der Waals surface area contributed by atoms with Crippen molar-refractivity contribution in [2.45, 2.75) is 18.2 Å². The van der Waals surface area contributed by atoms with Crippen LogP contribution in [0.4, 0.5) is 0 Å². The molecule has 0 radical (unpaired) electrons. The molecule has 1 atom stereocenters. The lowest BCUT2D eigenvalue weighted by molar-refractivity contribution is -0.141. The second-order valence-corrected chi connectivity index (χ2v) is 8.25.